The number of thiazole rings is 1. The van der Waals surface area contributed by atoms with Crippen LogP contribution in [0.4, 0.5) is 18.9 Å². The van der Waals surface area contributed by atoms with Gasteiger partial charge in [-0.25, -0.2) is 9.78 Å². The van der Waals surface area contributed by atoms with Crippen LogP contribution < -0.4 is 11.1 Å². The minimum absolute atomic E-state index is 0.0667. The standard InChI is InChI=1S/C19H12F3N3O3S/c1-25-14-6-5-12(8-15(14)28-18(25)27)23-16(26)13-9-29-17(24-13)10-3-2-4-11(7-10)19(20,21)22/h2-9H,1H3,(H,23,26). The molecule has 0 spiro atoms. The number of anilines is 1. The zero-order valence-corrected chi connectivity index (χ0v) is 15.6. The Bertz CT molecular complexity index is 1290. The molecule has 0 saturated carbocycles. The Labute approximate surface area is 165 Å². The van der Waals surface area contributed by atoms with Crippen LogP contribution in [0, 0.1) is 0 Å². The Hall–Kier alpha value is -3.40. The van der Waals surface area contributed by atoms with E-state index in [1.807, 2.05) is 0 Å². The van der Waals surface area contributed by atoms with Gasteiger partial charge in [0.1, 0.15) is 10.7 Å². The highest BCUT2D eigenvalue weighted by molar-refractivity contribution is 7.13. The number of oxazole rings is 1. The number of amides is 1. The topological polar surface area (TPSA) is 77.1 Å². The third-order valence-electron chi connectivity index (χ3n) is 4.22. The summed E-state index contributed by atoms with van der Waals surface area (Å²) in [7, 11) is 1.57. The number of aryl methyl sites for hydroxylation is 1. The second-order valence-corrected chi connectivity index (χ2v) is 7.04. The molecule has 0 aliphatic carbocycles. The Kier molecular flexibility index (Phi) is 4.50. The van der Waals surface area contributed by atoms with Gasteiger partial charge in [0.15, 0.2) is 5.58 Å². The van der Waals surface area contributed by atoms with Crippen molar-refractivity contribution in [1.29, 1.82) is 0 Å². The van der Waals surface area contributed by atoms with Crippen LogP contribution >= 0.6 is 11.3 Å². The van der Waals surface area contributed by atoms with E-state index in [0.29, 0.717) is 21.8 Å². The first-order valence-corrected chi connectivity index (χ1v) is 9.14. The van der Waals surface area contributed by atoms with Gasteiger partial charge in [0.05, 0.1) is 11.1 Å². The van der Waals surface area contributed by atoms with E-state index < -0.39 is 23.4 Å². The molecule has 0 radical (unpaired) electrons. The van der Waals surface area contributed by atoms with E-state index in [1.54, 1.807) is 19.2 Å². The number of hydrogen-bond donors (Lipinski definition) is 1. The second-order valence-electron chi connectivity index (χ2n) is 6.18. The molecule has 0 unspecified atom stereocenters. The predicted molar refractivity (Wildman–Crippen MR) is 102 cm³/mol. The molecule has 2 heterocycles. The van der Waals surface area contributed by atoms with Crippen LogP contribution in [0.2, 0.25) is 0 Å². The molecular weight excluding hydrogens is 407 g/mol. The van der Waals surface area contributed by atoms with E-state index in [4.69, 9.17) is 4.42 Å². The van der Waals surface area contributed by atoms with Crippen molar-refractivity contribution < 1.29 is 22.4 Å². The van der Waals surface area contributed by atoms with E-state index in [0.717, 1.165) is 23.5 Å². The van der Waals surface area contributed by atoms with Gasteiger partial charge in [-0.15, -0.1) is 11.3 Å². The number of fused-ring (bicyclic) bond motifs is 1. The van der Waals surface area contributed by atoms with E-state index in [2.05, 4.69) is 10.3 Å². The Morgan fingerprint density at radius 1 is 1.21 bits per heavy atom. The van der Waals surface area contributed by atoms with Gasteiger partial charge in [0.25, 0.3) is 5.91 Å². The molecule has 0 fully saturated rings. The zero-order chi connectivity index (χ0) is 20.8. The minimum atomic E-state index is -4.46. The van der Waals surface area contributed by atoms with Crippen molar-refractivity contribution >= 4 is 34.0 Å². The number of benzene rings is 2. The lowest BCUT2D eigenvalue weighted by molar-refractivity contribution is -0.137. The van der Waals surface area contributed by atoms with Crippen molar-refractivity contribution in [3.8, 4) is 10.6 Å². The van der Waals surface area contributed by atoms with E-state index in [1.165, 1.54) is 28.1 Å². The van der Waals surface area contributed by atoms with E-state index in [-0.39, 0.29) is 11.3 Å². The molecule has 29 heavy (non-hydrogen) atoms. The molecule has 4 aromatic rings. The van der Waals surface area contributed by atoms with Crippen LogP contribution in [-0.2, 0) is 13.2 Å². The molecule has 148 valence electrons. The van der Waals surface area contributed by atoms with Gasteiger partial charge in [-0.2, -0.15) is 13.2 Å². The second kappa shape index (κ2) is 6.89. The van der Waals surface area contributed by atoms with Crippen molar-refractivity contribution in [2.45, 2.75) is 6.18 Å². The van der Waals surface area contributed by atoms with Crippen molar-refractivity contribution in [1.82, 2.24) is 9.55 Å². The lowest BCUT2D eigenvalue weighted by Gasteiger charge is -2.07. The average molecular weight is 419 g/mol. The van der Waals surface area contributed by atoms with Crippen molar-refractivity contribution in [2.75, 3.05) is 5.32 Å². The molecular formula is C19H12F3N3O3S. The monoisotopic (exact) mass is 419 g/mol. The number of carbonyl (C=O) groups excluding carboxylic acids is 1. The highest BCUT2D eigenvalue weighted by atomic mass is 32.1. The highest BCUT2D eigenvalue weighted by Crippen LogP contribution is 2.33. The lowest BCUT2D eigenvalue weighted by Crippen LogP contribution is -2.12. The molecule has 10 heteroatoms. The number of nitrogens with zero attached hydrogens (tertiary/aromatic N) is 2. The summed E-state index contributed by atoms with van der Waals surface area (Å²) in [6, 6.07) is 9.51. The summed E-state index contributed by atoms with van der Waals surface area (Å²) < 4.78 is 45.1. The number of alkyl halides is 3. The highest BCUT2D eigenvalue weighted by Gasteiger charge is 2.30. The summed E-state index contributed by atoms with van der Waals surface area (Å²) in [5.41, 5.74) is 0.847. The maximum atomic E-state index is 12.9. The fourth-order valence-electron chi connectivity index (χ4n) is 2.75. The van der Waals surface area contributed by atoms with Crippen LogP contribution in [0.1, 0.15) is 16.1 Å². The molecule has 0 aliphatic heterocycles. The van der Waals surface area contributed by atoms with Crippen LogP contribution in [0.5, 0.6) is 0 Å². The molecule has 0 atom stereocenters. The molecule has 0 saturated heterocycles. The zero-order valence-electron chi connectivity index (χ0n) is 14.8. The normalized spacial score (nSPS) is 11.7. The minimum Gasteiger partial charge on any atom is -0.408 e. The molecule has 6 nitrogen and oxygen atoms in total. The summed E-state index contributed by atoms with van der Waals surface area (Å²) in [5, 5.41) is 4.39. The smallest absolute Gasteiger partial charge is 0.408 e. The SMILES string of the molecule is Cn1c(=O)oc2cc(NC(=O)c3csc(-c4cccc(C(F)(F)F)c4)n3)ccc21. The van der Waals surface area contributed by atoms with Crippen LogP contribution in [0.3, 0.4) is 0 Å². The van der Waals surface area contributed by atoms with Crippen molar-refractivity contribution in [2.24, 2.45) is 7.05 Å². The fraction of sp³-hybridized carbons (Fsp3) is 0.105. The Morgan fingerprint density at radius 3 is 2.76 bits per heavy atom. The first kappa shape index (κ1) is 18.9. The maximum absolute atomic E-state index is 12.9. The van der Waals surface area contributed by atoms with Crippen molar-refractivity contribution in [3.05, 3.63) is 69.7 Å². The van der Waals surface area contributed by atoms with Crippen LogP contribution in [-0.4, -0.2) is 15.5 Å². The first-order chi connectivity index (χ1) is 13.7. The quantitative estimate of drug-likeness (QED) is 0.530. The number of carbonyl (C=O) groups is 1. The molecule has 2 aromatic carbocycles. The molecule has 1 amide bonds. The summed E-state index contributed by atoms with van der Waals surface area (Å²) in [6.45, 7) is 0. The summed E-state index contributed by atoms with van der Waals surface area (Å²) >= 11 is 1.07. The number of aromatic nitrogens is 2. The van der Waals surface area contributed by atoms with Gasteiger partial charge in [-0.1, -0.05) is 12.1 Å². The predicted octanol–water partition coefficient (Wildman–Crippen LogP) is 4.53. The average Bonchev–Trinajstić information content (AvgIpc) is 3.27. The number of rotatable bonds is 3. The fourth-order valence-corrected chi connectivity index (χ4v) is 3.54. The van der Waals surface area contributed by atoms with Gasteiger partial charge in [-0.3, -0.25) is 9.36 Å². The third-order valence-corrected chi connectivity index (χ3v) is 5.12. The summed E-state index contributed by atoms with van der Waals surface area (Å²) in [6.07, 6.45) is -4.46. The van der Waals surface area contributed by atoms with Gasteiger partial charge in [-0.05, 0) is 24.3 Å². The third kappa shape index (κ3) is 3.66. The van der Waals surface area contributed by atoms with Gasteiger partial charge in [0, 0.05) is 29.7 Å². The Balaban J connectivity index is 1.57. The van der Waals surface area contributed by atoms with Crippen molar-refractivity contribution in [3.63, 3.8) is 0 Å². The number of halogens is 3. The summed E-state index contributed by atoms with van der Waals surface area (Å²) in [4.78, 5) is 28.1. The molecule has 0 bridgehead atoms. The van der Waals surface area contributed by atoms with Gasteiger partial charge in [0.2, 0.25) is 0 Å². The maximum Gasteiger partial charge on any atom is 0.419 e. The number of nitrogens with one attached hydrogen (secondary N) is 1. The van der Waals surface area contributed by atoms with Gasteiger partial charge < -0.3 is 9.73 Å². The van der Waals surface area contributed by atoms with Crippen LogP contribution in [0.25, 0.3) is 21.7 Å². The Morgan fingerprint density at radius 2 is 2.00 bits per heavy atom. The van der Waals surface area contributed by atoms with Gasteiger partial charge >= 0.3 is 11.9 Å². The molecule has 4 rings (SSSR count). The number of hydrogen-bond acceptors (Lipinski definition) is 5. The van der Waals surface area contributed by atoms with E-state index >= 15 is 0 Å². The first-order valence-electron chi connectivity index (χ1n) is 8.26. The molecule has 1 N–H and O–H groups in total. The molecule has 2 aromatic heterocycles. The summed E-state index contributed by atoms with van der Waals surface area (Å²) in [5.74, 6) is -1.05. The largest absolute Gasteiger partial charge is 0.419 e. The molecule has 0 aliphatic rings. The van der Waals surface area contributed by atoms with Crippen LogP contribution in [0.15, 0.2) is 57.1 Å². The lowest BCUT2D eigenvalue weighted by atomic mass is 10.1. The van der Waals surface area contributed by atoms with E-state index in [9.17, 15) is 22.8 Å².